The highest BCUT2D eigenvalue weighted by Crippen LogP contribution is 2.17. The van der Waals surface area contributed by atoms with Gasteiger partial charge in [-0.1, -0.05) is 5.92 Å². The van der Waals surface area contributed by atoms with Gasteiger partial charge in [-0.25, -0.2) is 4.79 Å². The van der Waals surface area contributed by atoms with Gasteiger partial charge in [-0.2, -0.15) is 0 Å². The molecule has 0 aromatic heterocycles. The lowest BCUT2D eigenvalue weighted by molar-refractivity contribution is -0.136. The van der Waals surface area contributed by atoms with E-state index in [0.717, 1.165) is 0 Å². The molecule has 4 nitrogen and oxygen atoms in total. The molecule has 4 heteroatoms. The SMILES string of the molecule is CCOC(=O)C#CC1CC(=O)C=C(N)C1. The number of hydrogen-bond acceptors (Lipinski definition) is 4. The third kappa shape index (κ3) is 3.86. The number of ether oxygens (including phenoxy) is 1. The van der Waals surface area contributed by atoms with Gasteiger partial charge in [0.25, 0.3) is 0 Å². The van der Waals surface area contributed by atoms with E-state index in [1.807, 2.05) is 0 Å². The number of hydrogen-bond donors (Lipinski definition) is 1. The highest BCUT2D eigenvalue weighted by molar-refractivity contribution is 5.92. The topological polar surface area (TPSA) is 69.4 Å². The molecule has 0 saturated carbocycles. The van der Waals surface area contributed by atoms with Crippen LogP contribution in [0.2, 0.25) is 0 Å². The van der Waals surface area contributed by atoms with Gasteiger partial charge in [-0.15, -0.1) is 0 Å². The van der Waals surface area contributed by atoms with Crippen molar-refractivity contribution in [3.8, 4) is 11.8 Å². The van der Waals surface area contributed by atoms with Gasteiger partial charge < -0.3 is 10.5 Å². The summed E-state index contributed by atoms with van der Waals surface area (Å²) in [4.78, 5) is 22.0. The average molecular weight is 207 g/mol. The first-order valence-corrected chi connectivity index (χ1v) is 4.79. The Kier molecular flexibility index (Phi) is 3.92. The van der Waals surface area contributed by atoms with Crippen molar-refractivity contribution in [1.29, 1.82) is 0 Å². The van der Waals surface area contributed by atoms with Crippen LogP contribution < -0.4 is 5.73 Å². The van der Waals surface area contributed by atoms with Gasteiger partial charge >= 0.3 is 5.97 Å². The van der Waals surface area contributed by atoms with Crippen molar-refractivity contribution in [3.63, 3.8) is 0 Å². The van der Waals surface area contributed by atoms with Crippen molar-refractivity contribution in [2.75, 3.05) is 6.61 Å². The molecule has 1 atom stereocenters. The Labute approximate surface area is 88.5 Å². The summed E-state index contributed by atoms with van der Waals surface area (Å²) in [5.74, 6) is 4.29. The third-order valence-electron chi connectivity index (χ3n) is 1.93. The fourth-order valence-corrected chi connectivity index (χ4v) is 1.35. The Morgan fingerprint density at radius 3 is 3.00 bits per heavy atom. The normalized spacial score (nSPS) is 19.9. The van der Waals surface area contributed by atoms with E-state index in [4.69, 9.17) is 5.73 Å². The summed E-state index contributed by atoms with van der Waals surface area (Å²) >= 11 is 0. The molecule has 15 heavy (non-hydrogen) atoms. The molecule has 0 heterocycles. The zero-order valence-electron chi connectivity index (χ0n) is 8.58. The van der Waals surface area contributed by atoms with E-state index in [1.54, 1.807) is 6.92 Å². The maximum atomic E-state index is 11.1. The van der Waals surface area contributed by atoms with Crippen LogP contribution in [0.3, 0.4) is 0 Å². The molecule has 1 aliphatic rings. The fraction of sp³-hybridized carbons (Fsp3) is 0.455. The highest BCUT2D eigenvalue weighted by atomic mass is 16.5. The van der Waals surface area contributed by atoms with E-state index >= 15 is 0 Å². The number of carbonyl (C=O) groups is 2. The summed E-state index contributed by atoms with van der Waals surface area (Å²) in [5.41, 5.74) is 6.06. The molecule has 1 rings (SSSR count). The molecule has 80 valence electrons. The maximum Gasteiger partial charge on any atom is 0.384 e. The van der Waals surface area contributed by atoms with Crippen molar-refractivity contribution in [3.05, 3.63) is 11.8 Å². The average Bonchev–Trinajstić information content (AvgIpc) is 2.14. The quantitative estimate of drug-likeness (QED) is 0.383. The Bertz CT molecular complexity index is 360. The van der Waals surface area contributed by atoms with Crippen LogP contribution in [-0.2, 0) is 14.3 Å². The van der Waals surface area contributed by atoms with Crippen molar-refractivity contribution >= 4 is 11.8 Å². The van der Waals surface area contributed by atoms with Gasteiger partial charge in [0.05, 0.1) is 6.61 Å². The van der Waals surface area contributed by atoms with Crippen LogP contribution in [0.1, 0.15) is 19.8 Å². The van der Waals surface area contributed by atoms with E-state index in [-0.39, 0.29) is 11.7 Å². The van der Waals surface area contributed by atoms with Crippen molar-refractivity contribution in [1.82, 2.24) is 0 Å². The van der Waals surface area contributed by atoms with Crippen LogP contribution in [0.25, 0.3) is 0 Å². The van der Waals surface area contributed by atoms with Crippen LogP contribution >= 0.6 is 0 Å². The lowest BCUT2D eigenvalue weighted by Gasteiger charge is -2.13. The Hall–Kier alpha value is -1.76. The minimum absolute atomic E-state index is 0.0399. The molecule has 0 amide bonds. The van der Waals surface area contributed by atoms with Gasteiger partial charge in [0.2, 0.25) is 0 Å². The standard InChI is InChI=1S/C11H13NO3/c1-2-15-11(14)4-3-8-5-9(12)7-10(13)6-8/h7-8H,2,5-6,12H2,1H3. The van der Waals surface area contributed by atoms with Gasteiger partial charge in [0, 0.05) is 30.4 Å². The summed E-state index contributed by atoms with van der Waals surface area (Å²) in [6.45, 7) is 2.02. The Balaban J connectivity index is 2.56. The molecule has 0 spiro atoms. The molecule has 0 bridgehead atoms. The zero-order chi connectivity index (χ0) is 11.3. The zero-order valence-corrected chi connectivity index (χ0v) is 8.58. The molecule has 1 unspecified atom stereocenters. The number of nitrogens with two attached hydrogens (primary N) is 1. The summed E-state index contributed by atoms with van der Waals surface area (Å²) in [7, 11) is 0. The lowest BCUT2D eigenvalue weighted by atomic mass is 9.92. The molecule has 0 aromatic carbocycles. The van der Waals surface area contributed by atoms with E-state index in [9.17, 15) is 9.59 Å². The number of rotatable bonds is 1. The molecule has 0 aromatic rings. The molecule has 0 fully saturated rings. The van der Waals surface area contributed by atoms with E-state index in [0.29, 0.717) is 25.1 Å². The number of allylic oxidation sites excluding steroid dienone is 2. The maximum absolute atomic E-state index is 11.1. The first-order valence-electron chi connectivity index (χ1n) is 4.79. The van der Waals surface area contributed by atoms with Crippen LogP contribution in [0.4, 0.5) is 0 Å². The molecule has 0 radical (unpaired) electrons. The van der Waals surface area contributed by atoms with Crippen molar-refractivity contribution in [2.24, 2.45) is 11.7 Å². The van der Waals surface area contributed by atoms with Gasteiger partial charge in [-0.05, 0) is 13.0 Å². The minimum atomic E-state index is -0.557. The number of esters is 1. The Morgan fingerprint density at radius 2 is 2.40 bits per heavy atom. The molecule has 0 saturated heterocycles. The minimum Gasteiger partial charge on any atom is -0.456 e. The van der Waals surface area contributed by atoms with Gasteiger partial charge in [0.1, 0.15) is 0 Å². The summed E-state index contributed by atoms with van der Waals surface area (Å²) in [6.07, 6.45) is 2.29. The predicted molar refractivity (Wildman–Crippen MR) is 54.4 cm³/mol. The fourth-order valence-electron chi connectivity index (χ4n) is 1.35. The third-order valence-corrected chi connectivity index (χ3v) is 1.93. The molecule has 0 aliphatic heterocycles. The van der Waals surface area contributed by atoms with E-state index in [1.165, 1.54) is 6.08 Å². The van der Waals surface area contributed by atoms with Gasteiger partial charge in [-0.3, -0.25) is 4.79 Å². The van der Waals surface area contributed by atoms with Gasteiger partial charge in [0.15, 0.2) is 5.78 Å². The molecular weight excluding hydrogens is 194 g/mol. The second kappa shape index (κ2) is 5.20. The molecular formula is C11H13NO3. The summed E-state index contributed by atoms with van der Waals surface area (Å²) in [5, 5.41) is 0. The van der Waals surface area contributed by atoms with E-state index < -0.39 is 5.97 Å². The van der Waals surface area contributed by atoms with Crippen molar-refractivity contribution < 1.29 is 14.3 Å². The second-order valence-electron chi connectivity index (χ2n) is 3.28. The van der Waals surface area contributed by atoms with Crippen LogP contribution in [0, 0.1) is 17.8 Å². The number of carbonyl (C=O) groups excluding carboxylic acids is 2. The monoisotopic (exact) mass is 207 g/mol. The lowest BCUT2D eigenvalue weighted by Crippen LogP contribution is -2.17. The first kappa shape index (κ1) is 11.3. The highest BCUT2D eigenvalue weighted by Gasteiger charge is 2.17. The van der Waals surface area contributed by atoms with Crippen LogP contribution in [0.5, 0.6) is 0 Å². The van der Waals surface area contributed by atoms with Crippen molar-refractivity contribution in [2.45, 2.75) is 19.8 Å². The number of ketones is 1. The largest absolute Gasteiger partial charge is 0.456 e. The van der Waals surface area contributed by atoms with E-state index in [2.05, 4.69) is 16.6 Å². The smallest absolute Gasteiger partial charge is 0.384 e. The molecule has 2 N–H and O–H groups in total. The summed E-state index contributed by atoms with van der Waals surface area (Å²) in [6, 6.07) is 0. The van der Waals surface area contributed by atoms with Crippen LogP contribution in [-0.4, -0.2) is 18.4 Å². The second-order valence-corrected chi connectivity index (χ2v) is 3.28. The summed E-state index contributed by atoms with van der Waals surface area (Å²) < 4.78 is 4.64. The predicted octanol–water partition coefficient (Wildman–Crippen LogP) is 0.375. The Morgan fingerprint density at radius 1 is 1.67 bits per heavy atom. The molecule has 1 aliphatic carbocycles. The van der Waals surface area contributed by atoms with Crippen LogP contribution in [0.15, 0.2) is 11.8 Å². The first-order chi connectivity index (χ1) is 7.11.